The number of rotatable bonds is 6. The van der Waals surface area contributed by atoms with E-state index in [1.807, 2.05) is 30.0 Å². The molecule has 1 N–H and O–H groups in total. The van der Waals surface area contributed by atoms with Crippen LogP contribution in [-0.2, 0) is 11.3 Å². The van der Waals surface area contributed by atoms with E-state index in [2.05, 4.69) is 14.7 Å². The summed E-state index contributed by atoms with van der Waals surface area (Å²) in [7, 11) is 0. The fourth-order valence-corrected chi connectivity index (χ4v) is 4.57. The molecule has 1 aliphatic heterocycles. The van der Waals surface area contributed by atoms with Crippen LogP contribution in [0.15, 0.2) is 42.6 Å². The number of hydrogen-bond donors (Lipinski definition) is 1. The van der Waals surface area contributed by atoms with Crippen molar-refractivity contribution in [1.29, 1.82) is 0 Å². The standard InChI is InChI=1S/C24H25ClN4O3S/c1-15-11-23(33-28-15)20-14-26-21(24(31)27-13-17-3-5-18(25)6-4-17)12-22(20)32-19-7-9-29(10-8-19)16(2)30/h3-6,11-12,14,19H,7-10,13H2,1-2H3,(H,27,31). The van der Waals surface area contributed by atoms with Crippen molar-refractivity contribution in [3.8, 4) is 16.2 Å². The van der Waals surface area contributed by atoms with E-state index in [4.69, 9.17) is 16.3 Å². The quantitative estimate of drug-likeness (QED) is 0.557. The molecule has 2 aromatic heterocycles. The Balaban J connectivity index is 1.52. The number of pyridine rings is 1. The summed E-state index contributed by atoms with van der Waals surface area (Å²) in [4.78, 5) is 31.6. The molecule has 4 rings (SSSR count). The van der Waals surface area contributed by atoms with Crippen molar-refractivity contribution >= 4 is 34.9 Å². The van der Waals surface area contributed by atoms with E-state index in [-0.39, 0.29) is 23.6 Å². The highest BCUT2D eigenvalue weighted by Crippen LogP contribution is 2.34. The summed E-state index contributed by atoms with van der Waals surface area (Å²) in [5, 5.41) is 3.54. The van der Waals surface area contributed by atoms with Crippen LogP contribution in [0, 0.1) is 6.92 Å². The monoisotopic (exact) mass is 484 g/mol. The van der Waals surface area contributed by atoms with E-state index in [1.54, 1.807) is 31.3 Å². The molecule has 2 amide bonds. The lowest BCUT2D eigenvalue weighted by Gasteiger charge is -2.31. The third-order valence-electron chi connectivity index (χ3n) is 5.54. The second-order valence-corrected chi connectivity index (χ2v) is 9.27. The van der Waals surface area contributed by atoms with Crippen molar-refractivity contribution < 1.29 is 14.3 Å². The largest absolute Gasteiger partial charge is 0.489 e. The number of nitrogens with one attached hydrogen (secondary N) is 1. The molecule has 9 heteroatoms. The van der Waals surface area contributed by atoms with Crippen LogP contribution >= 0.6 is 23.1 Å². The van der Waals surface area contributed by atoms with Crippen LogP contribution in [0.2, 0.25) is 5.02 Å². The second-order valence-electron chi connectivity index (χ2n) is 8.03. The van der Waals surface area contributed by atoms with E-state index < -0.39 is 0 Å². The zero-order valence-corrected chi connectivity index (χ0v) is 20.1. The molecule has 0 radical (unpaired) electrons. The highest BCUT2D eigenvalue weighted by molar-refractivity contribution is 7.09. The lowest BCUT2D eigenvalue weighted by Crippen LogP contribution is -2.40. The molecule has 1 fully saturated rings. The van der Waals surface area contributed by atoms with Crippen LogP contribution in [-0.4, -0.2) is 45.3 Å². The number of aromatic nitrogens is 2. The van der Waals surface area contributed by atoms with Gasteiger partial charge in [-0.3, -0.25) is 14.6 Å². The first-order valence-electron chi connectivity index (χ1n) is 10.8. The number of ether oxygens (including phenoxy) is 1. The fourth-order valence-electron chi connectivity index (χ4n) is 3.68. The van der Waals surface area contributed by atoms with Gasteiger partial charge in [0.1, 0.15) is 17.5 Å². The average Bonchev–Trinajstić information content (AvgIpc) is 3.24. The molecule has 0 spiro atoms. The van der Waals surface area contributed by atoms with Gasteiger partial charge in [-0.25, -0.2) is 0 Å². The molecule has 0 atom stereocenters. The third kappa shape index (κ3) is 5.89. The van der Waals surface area contributed by atoms with E-state index in [0.717, 1.165) is 34.5 Å². The Morgan fingerprint density at radius 1 is 1.21 bits per heavy atom. The molecular weight excluding hydrogens is 460 g/mol. The van der Waals surface area contributed by atoms with E-state index in [0.29, 0.717) is 30.4 Å². The SMILES string of the molecule is CC(=O)N1CCC(Oc2cc(C(=O)NCc3ccc(Cl)cc3)ncc2-c2cc(C)ns2)CC1. The average molecular weight is 485 g/mol. The minimum absolute atomic E-state index is 0.0410. The second kappa shape index (κ2) is 10.3. The number of carbonyl (C=O) groups excluding carboxylic acids is 2. The zero-order chi connectivity index (χ0) is 23.4. The van der Waals surface area contributed by atoms with E-state index >= 15 is 0 Å². The summed E-state index contributed by atoms with van der Waals surface area (Å²) >= 11 is 7.30. The van der Waals surface area contributed by atoms with Gasteiger partial charge in [-0.05, 0) is 42.2 Å². The van der Waals surface area contributed by atoms with Gasteiger partial charge in [0.25, 0.3) is 5.91 Å². The Labute approximate surface area is 201 Å². The summed E-state index contributed by atoms with van der Waals surface area (Å²) in [5.41, 5.74) is 2.95. The van der Waals surface area contributed by atoms with Gasteiger partial charge in [-0.1, -0.05) is 23.7 Å². The molecular formula is C24H25ClN4O3S. The third-order valence-corrected chi connectivity index (χ3v) is 6.71. The molecule has 0 aliphatic carbocycles. The van der Waals surface area contributed by atoms with Crippen LogP contribution in [0.3, 0.4) is 0 Å². The summed E-state index contributed by atoms with van der Waals surface area (Å²) in [6.07, 6.45) is 3.10. The number of likely N-dealkylation sites (tertiary alicyclic amines) is 1. The first kappa shape index (κ1) is 23.2. The number of benzene rings is 1. The van der Waals surface area contributed by atoms with Gasteiger partial charge in [0, 0.05) is 56.7 Å². The lowest BCUT2D eigenvalue weighted by molar-refractivity contribution is -0.130. The number of aryl methyl sites for hydroxylation is 1. The normalized spacial score (nSPS) is 14.2. The predicted molar refractivity (Wildman–Crippen MR) is 129 cm³/mol. The smallest absolute Gasteiger partial charge is 0.270 e. The van der Waals surface area contributed by atoms with Crippen molar-refractivity contribution in [3.05, 3.63) is 64.6 Å². The number of carbonyl (C=O) groups is 2. The number of hydrogen-bond acceptors (Lipinski definition) is 6. The van der Waals surface area contributed by atoms with Crippen LogP contribution in [0.1, 0.15) is 41.5 Å². The maximum atomic E-state index is 12.8. The Kier molecular flexibility index (Phi) is 7.25. The molecule has 0 unspecified atom stereocenters. The van der Waals surface area contributed by atoms with Crippen molar-refractivity contribution in [3.63, 3.8) is 0 Å². The first-order chi connectivity index (χ1) is 15.9. The molecule has 0 saturated carbocycles. The number of amides is 2. The summed E-state index contributed by atoms with van der Waals surface area (Å²) in [6.45, 7) is 5.21. The summed E-state index contributed by atoms with van der Waals surface area (Å²) in [6, 6.07) is 11.0. The Hall–Kier alpha value is -2.97. The lowest BCUT2D eigenvalue weighted by atomic mass is 10.1. The predicted octanol–water partition coefficient (Wildman–Crippen LogP) is 4.49. The van der Waals surface area contributed by atoms with Gasteiger partial charge < -0.3 is 15.0 Å². The van der Waals surface area contributed by atoms with E-state index in [9.17, 15) is 9.59 Å². The highest BCUT2D eigenvalue weighted by Gasteiger charge is 2.24. The van der Waals surface area contributed by atoms with E-state index in [1.165, 1.54) is 11.5 Å². The molecule has 172 valence electrons. The molecule has 3 aromatic rings. The maximum Gasteiger partial charge on any atom is 0.270 e. The first-order valence-corrected chi connectivity index (χ1v) is 11.9. The van der Waals surface area contributed by atoms with Gasteiger partial charge in [0.15, 0.2) is 0 Å². The fraction of sp³-hybridized carbons (Fsp3) is 0.333. The van der Waals surface area contributed by atoms with Crippen molar-refractivity contribution in [2.45, 2.75) is 39.3 Å². The van der Waals surface area contributed by atoms with Crippen LogP contribution in [0.25, 0.3) is 10.4 Å². The van der Waals surface area contributed by atoms with Crippen molar-refractivity contribution in [1.82, 2.24) is 19.6 Å². The minimum Gasteiger partial charge on any atom is -0.489 e. The van der Waals surface area contributed by atoms with Gasteiger partial charge in [-0.15, -0.1) is 0 Å². The minimum atomic E-state index is -0.284. The Morgan fingerprint density at radius 3 is 2.58 bits per heavy atom. The summed E-state index contributed by atoms with van der Waals surface area (Å²) in [5.74, 6) is 0.401. The van der Waals surface area contributed by atoms with Gasteiger partial charge in [-0.2, -0.15) is 4.37 Å². The van der Waals surface area contributed by atoms with Crippen molar-refractivity contribution in [2.75, 3.05) is 13.1 Å². The molecule has 1 saturated heterocycles. The zero-order valence-electron chi connectivity index (χ0n) is 18.5. The van der Waals surface area contributed by atoms with Gasteiger partial charge >= 0.3 is 0 Å². The van der Waals surface area contributed by atoms with Gasteiger partial charge in [0.05, 0.1) is 16.1 Å². The van der Waals surface area contributed by atoms with Crippen LogP contribution in [0.4, 0.5) is 0 Å². The number of nitrogens with zero attached hydrogens (tertiary/aromatic N) is 3. The number of halogens is 1. The maximum absolute atomic E-state index is 12.8. The van der Waals surface area contributed by atoms with Crippen LogP contribution < -0.4 is 10.1 Å². The molecule has 1 aromatic carbocycles. The summed E-state index contributed by atoms with van der Waals surface area (Å²) < 4.78 is 10.7. The topological polar surface area (TPSA) is 84.4 Å². The van der Waals surface area contributed by atoms with Crippen LogP contribution in [0.5, 0.6) is 5.75 Å². The number of piperidine rings is 1. The Bertz CT molecular complexity index is 1140. The highest BCUT2D eigenvalue weighted by atomic mass is 35.5. The molecule has 3 heterocycles. The molecule has 33 heavy (non-hydrogen) atoms. The Morgan fingerprint density at radius 2 is 1.94 bits per heavy atom. The molecule has 0 bridgehead atoms. The molecule has 7 nitrogen and oxygen atoms in total. The van der Waals surface area contributed by atoms with Crippen molar-refractivity contribution in [2.24, 2.45) is 0 Å². The molecule has 1 aliphatic rings. The van der Waals surface area contributed by atoms with Gasteiger partial charge in [0.2, 0.25) is 5.91 Å².